The Morgan fingerprint density at radius 1 is 1.29 bits per heavy atom. The van der Waals surface area contributed by atoms with E-state index < -0.39 is 5.82 Å². The minimum atomic E-state index is -0.445. The summed E-state index contributed by atoms with van der Waals surface area (Å²) in [6, 6.07) is 9.69. The molecule has 0 aliphatic carbocycles. The molecule has 0 fully saturated rings. The van der Waals surface area contributed by atoms with E-state index in [2.05, 4.69) is 9.97 Å². The predicted molar refractivity (Wildman–Crippen MR) is 78.6 cm³/mol. The Morgan fingerprint density at radius 3 is 2.90 bits per heavy atom. The molecule has 3 rings (SSSR count). The molecular weight excluding hydrogens is 291 g/mol. The molecule has 0 unspecified atom stereocenters. The molecule has 0 amide bonds. The smallest absolute Gasteiger partial charge is 0.171 e. The second kappa shape index (κ2) is 5.57. The molecule has 0 saturated carbocycles. The van der Waals surface area contributed by atoms with E-state index in [9.17, 15) is 9.18 Å². The topological polar surface area (TPSA) is 55.0 Å². The molecule has 2 aromatic carbocycles. The summed E-state index contributed by atoms with van der Waals surface area (Å²) in [6.45, 7) is 0. The van der Waals surface area contributed by atoms with E-state index in [1.54, 1.807) is 13.2 Å². The normalized spacial score (nSPS) is 10.8. The van der Waals surface area contributed by atoms with E-state index in [1.165, 1.54) is 23.9 Å². The number of fused-ring (bicyclic) bond motifs is 1. The molecule has 0 saturated heterocycles. The highest BCUT2D eigenvalue weighted by atomic mass is 32.2. The number of aromatic nitrogens is 2. The second-order valence-corrected chi connectivity index (χ2v) is 5.43. The van der Waals surface area contributed by atoms with Crippen LogP contribution in [0, 0.1) is 5.82 Å². The first-order chi connectivity index (χ1) is 10.2. The molecule has 21 heavy (non-hydrogen) atoms. The summed E-state index contributed by atoms with van der Waals surface area (Å²) in [4.78, 5) is 18.9. The molecule has 0 bridgehead atoms. The Labute approximate surface area is 124 Å². The number of nitrogens with one attached hydrogen (secondary N) is 1. The number of benzene rings is 2. The van der Waals surface area contributed by atoms with Gasteiger partial charge in [-0.05, 0) is 30.3 Å². The van der Waals surface area contributed by atoms with Gasteiger partial charge in [0, 0.05) is 16.5 Å². The average Bonchev–Trinajstić information content (AvgIpc) is 2.87. The summed E-state index contributed by atoms with van der Waals surface area (Å²) < 4.78 is 18.6. The van der Waals surface area contributed by atoms with E-state index in [0.717, 1.165) is 16.8 Å². The molecule has 4 nitrogen and oxygen atoms in total. The lowest BCUT2D eigenvalue weighted by atomic mass is 10.2. The Kier molecular flexibility index (Phi) is 3.62. The quantitative estimate of drug-likeness (QED) is 0.747. The average molecular weight is 302 g/mol. The van der Waals surface area contributed by atoms with Gasteiger partial charge in [0.1, 0.15) is 17.9 Å². The molecular formula is C15H11FN2O2S. The van der Waals surface area contributed by atoms with Crippen molar-refractivity contribution in [1.29, 1.82) is 0 Å². The van der Waals surface area contributed by atoms with Crippen LogP contribution in [0.15, 0.2) is 46.5 Å². The summed E-state index contributed by atoms with van der Waals surface area (Å²) >= 11 is 1.26. The minimum absolute atomic E-state index is 0.301. The Hall–Kier alpha value is -2.34. The van der Waals surface area contributed by atoms with Gasteiger partial charge in [-0.15, -0.1) is 0 Å². The summed E-state index contributed by atoms with van der Waals surface area (Å²) in [6.07, 6.45) is 0.622. The van der Waals surface area contributed by atoms with Crippen LogP contribution in [0.4, 0.5) is 4.39 Å². The van der Waals surface area contributed by atoms with Crippen molar-refractivity contribution in [2.45, 2.75) is 10.1 Å². The Balaban J connectivity index is 1.94. The molecule has 6 heteroatoms. The van der Waals surface area contributed by atoms with Gasteiger partial charge in [0.05, 0.1) is 18.1 Å². The number of imidazole rings is 1. The number of carbonyl (C=O) groups is 1. The first-order valence-electron chi connectivity index (χ1n) is 6.15. The second-order valence-electron chi connectivity index (χ2n) is 4.37. The van der Waals surface area contributed by atoms with Crippen molar-refractivity contribution < 1.29 is 13.9 Å². The molecule has 1 heterocycles. The number of nitrogens with zero attached hydrogens (tertiary/aromatic N) is 1. The van der Waals surface area contributed by atoms with Crippen molar-refractivity contribution in [2.75, 3.05) is 7.11 Å². The zero-order chi connectivity index (χ0) is 14.8. The molecule has 1 N–H and O–H groups in total. The number of halogens is 1. The number of ether oxygens (including phenoxy) is 1. The van der Waals surface area contributed by atoms with Crippen LogP contribution in [0.1, 0.15) is 10.4 Å². The fraction of sp³-hybridized carbons (Fsp3) is 0.0667. The van der Waals surface area contributed by atoms with Gasteiger partial charge in [-0.2, -0.15) is 0 Å². The summed E-state index contributed by atoms with van der Waals surface area (Å²) in [5.41, 5.74) is 1.93. The molecule has 3 aromatic rings. The Bertz CT molecular complexity index is 817. The van der Waals surface area contributed by atoms with Gasteiger partial charge in [0.2, 0.25) is 0 Å². The van der Waals surface area contributed by atoms with E-state index in [4.69, 9.17) is 4.74 Å². The van der Waals surface area contributed by atoms with Gasteiger partial charge in [-0.3, -0.25) is 4.79 Å². The molecule has 0 radical (unpaired) electrons. The molecule has 0 atom stereocenters. The lowest BCUT2D eigenvalue weighted by Gasteiger charge is -1.99. The third kappa shape index (κ3) is 2.90. The van der Waals surface area contributed by atoms with Crippen molar-refractivity contribution in [1.82, 2.24) is 9.97 Å². The van der Waals surface area contributed by atoms with Crippen LogP contribution in [0.3, 0.4) is 0 Å². The zero-order valence-corrected chi connectivity index (χ0v) is 11.9. The summed E-state index contributed by atoms with van der Waals surface area (Å²) in [7, 11) is 1.60. The number of hydrogen-bond acceptors (Lipinski definition) is 4. The van der Waals surface area contributed by atoms with Gasteiger partial charge in [0.15, 0.2) is 5.16 Å². The summed E-state index contributed by atoms with van der Waals surface area (Å²) in [5.74, 6) is 0.288. The number of aldehydes is 1. The molecule has 1 aromatic heterocycles. The van der Waals surface area contributed by atoms with E-state index in [1.807, 2.05) is 18.2 Å². The van der Waals surface area contributed by atoms with Crippen LogP contribution in [-0.4, -0.2) is 23.4 Å². The van der Waals surface area contributed by atoms with Crippen molar-refractivity contribution in [2.24, 2.45) is 0 Å². The number of H-pyrrole nitrogens is 1. The standard InChI is InChI=1S/C15H11FN2O2S/c1-20-11-2-3-13-14(7-11)18-15(17-13)21-12-5-9(8-19)4-10(16)6-12/h2-8H,1H3,(H,17,18). The number of carbonyl (C=O) groups excluding carboxylic acids is 1. The monoisotopic (exact) mass is 302 g/mol. The van der Waals surface area contributed by atoms with Crippen molar-refractivity contribution >= 4 is 29.1 Å². The Morgan fingerprint density at radius 2 is 2.14 bits per heavy atom. The maximum absolute atomic E-state index is 13.4. The van der Waals surface area contributed by atoms with Gasteiger partial charge in [-0.1, -0.05) is 11.8 Å². The van der Waals surface area contributed by atoms with Crippen molar-refractivity contribution in [3.05, 3.63) is 47.8 Å². The van der Waals surface area contributed by atoms with Gasteiger partial charge >= 0.3 is 0 Å². The van der Waals surface area contributed by atoms with Crippen LogP contribution < -0.4 is 4.74 Å². The number of rotatable bonds is 4. The fourth-order valence-corrected chi connectivity index (χ4v) is 2.86. The molecule has 0 aliphatic rings. The fourth-order valence-electron chi connectivity index (χ4n) is 1.96. The van der Waals surface area contributed by atoms with Crippen LogP contribution >= 0.6 is 11.8 Å². The first kappa shape index (κ1) is 13.6. The van der Waals surface area contributed by atoms with E-state index >= 15 is 0 Å². The highest BCUT2D eigenvalue weighted by Crippen LogP contribution is 2.29. The number of methoxy groups -OCH3 is 1. The van der Waals surface area contributed by atoms with E-state index in [-0.39, 0.29) is 0 Å². The van der Waals surface area contributed by atoms with Gasteiger partial charge in [0.25, 0.3) is 0 Å². The lowest BCUT2D eigenvalue weighted by Crippen LogP contribution is -1.85. The predicted octanol–water partition coefficient (Wildman–Crippen LogP) is 3.67. The zero-order valence-electron chi connectivity index (χ0n) is 11.1. The maximum atomic E-state index is 13.4. The van der Waals surface area contributed by atoms with Crippen LogP contribution in [0.2, 0.25) is 0 Å². The lowest BCUT2D eigenvalue weighted by molar-refractivity contribution is 0.112. The van der Waals surface area contributed by atoms with Crippen molar-refractivity contribution in [3.63, 3.8) is 0 Å². The SMILES string of the molecule is COc1ccc2nc(Sc3cc(F)cc(C=O)c3)[nH]c2c1. The largest absolute Gasteiger partial charge is 0.497 e. The highest BCUT2D eigenvalue weighted by molar-refractivity contribution is 7.99. The van der Waals surface area contributed by atoms with Crippen LogP contribution in [0.5, 0.6) is 5.75 Å². The number of aromatic amines is 1. The number of hydrogen-bond donors (Lipinski definition) is 1. The van der Waals surface area contributed by atoms with Gasteiger partial charge < -0.3 is 9.72 Å². The summed E-state index contributed by atoms with van der Waals surface area (Å²) in [5, 5.41) is 0.626. The van der Waals surface area contributed by atoms with E-state index in [0.29, 0.717) is 21.9 Å². The first-order valence-corrected chi connectivity index (χ1v) is 6.97. The van der Waals surface area contributed by atoms with Crippen molar-refractivity contribution in [3.8, 4) is 5.75 Å². The van der Waals surface area contributed by atoms with Crippen LogP contribution in [0.25, 0.3) is 11.0 Å². The highest BCUT2D eigenvalue weighted by Gasteiger charge is 2.08. The minimum Gasteiger partial charge on any atom is -0.497 e. The third-order valence-electron chi connectivity index (χ3n) is 2.91. The molecule has 0 spiro atoms. The molecule has 0 aliphatic heterocycles. The third-order valence-corrected chi connectivity index (χ3v) is 3.77. The molecule has 106 valence electrons. The van der Waals surface area contributed by atoms with Crippen LogP contribution in [-0.2, 0) is 0 Å². The van der Waals surface area contributed by atoms with Gasteiger partial charge in [-0.25, -0.2) is 9.37 Å². The maximum Gasteiger partial charge on any atom is 0.171 e.